The van der Waals surface area contributed by atoms with Crippen LogP contribution in [-0.2, 0) is 4.74 Å². The zero-order chi connectivity index (χ0) is 17.5. The van der Waals surface area contributed by atoms with E-state index in [1.165, 1.54) is 6.20 Å². The molecule has 0 bridgehead atoms. The Morgan fingerprint density at radius 2 is 2.12 bits per heavy atom. The highest BCUT2D eigenvalue weighted by atomic mass is 16.6. The van der Waals surface area contributed by atoms with E-state index < -0.39 is 0 Å². The van der Waals surface area contributed by atoms with E-state index in [9.17, 15) is 4.79 Å². The zero-order valence-electron chi connectivity index (χ0n) is 13.9. The summed E-state index contributed by atoms with van der Waals surface area (Å²) in [6.07, 6.45) is 1.30. The average molecular weight is 344 g/mol. The molecule has 1 aromatic carbocycles. The van der Waals surface area contributed by atoms with Crippen LogP contribution < -0.4 is 19.5 Å². The largest absolute Gasteiger partial charge is 0.486 e. The molecule has 1 amide bonds. The minimum absolute atomic E-state index is 0.221. The molecule has 1 atom stereocenters. The molecule has 1 aliphatic rings. The van der Waals surface area contributed by atoms with Crippen LogP contribution in [0.3, 0.4) is 0 Å². The minimum Gasteiger partial charge on any atom is -0.486 e. The predicted octanol–water partition coefficient (Wildman–Crippen LogP) is 1.68. The van der Waals surface area contributed by atoms with E-state index in [0.29, 0.717) is 43.6 Å². The van der Waals surface area contributed by atoms with Crippen molar-refractivity contribution in [1.29, 1.82) is 0 Å². The van der Waals surface area contributed by atoms with Crippen LogP contribution in [0.5, 0.6) is 17.4 Å². The fraction of sp³-hybridized carbons (Fsp3) is 0.333. The van der Waals surface area contributed by atoms with Gasteiger partial charge < -0.3 is 24.3 Å². The van der Waals surface area contributed by atoms with Crippen molar-refractivity contribution < 1.29 is 23.7 Å². The molecule has 0 fully saturated rings. The van der Waals surface area contributed by atoms with Gasteiger partial charge in [0, 0.05) is 24.9 Å². The second kappa shape index (κ2) is 8.34. The molecular formula is C18H20N2O5. The smallest absolute Gasteiger partial charge is 0.251 e. The van der Waals surface area contributed by atoms with Gasteiger partial charge in [0.25, 0.3) is 5.91 Å². The van der Waals surface area contributed by atoms with Crippen LogP contribution in [0.2, 0.25) is 0 Å². The number of aromatic nitrogens is 1. The third kappa shape index (κ3) is 4.60. The molecule has 0 unspecified atom stereocenters. The number of amides is 1. The standard InChI is InChI=1S/C18H20N2O5/c1-22-8-9-23-17-10-13(6-7-19-17)18(21)20-11-14-12-24-15-4-2-3-5-16(15)25-14/h2-7,10,14H,8-9,11-12H2,1H3,(H,20,21)/t14-/m1/s1. The Morgan fingerprint density at radius 1 is 1.28 bits per heavy atom. The maximum atomic E-state index is 12.3. The van der Waals surface area contributed by atoms with Crippen molar-refractivity contribution in [3.63, 3.8) is 0 Å². The van der Waals surface area contributed by atoms with Crippen molar-refractivity contribution in [3.05, 3.63) is 48.2 Å². The summed E-state index contributed by atoms with van der Waals surface area (Å²) in [4.78, 5) is 16.4. The van der Waals surface area contributed by atoms with Gasteiger partial charge >= 0.3 is 0 Å². The molecule has 3 rings (SSSR count). The van der Waals surface area contributed by atoms with E-state index >= 15 is 0 Å². The summed E-state index contributed by atoms with van der Waals surface area (Å²) in [7, 11) is 1.59. The van der Waals surface area contributed by atoms with Crippen molar-refractivity contribution in [2.75, 3.05) is 33.5 Å². The molecule has 7 nitrogen and oxygen atoms in total. The Morgan fingerprint density at radius 3 is 2.96 bits per heavy atom. The topological polar surface area (TPSA) is 78.9 Å². The van der Waals surface area contributed by atoms with Gasteiger partial charge in [0.05, 0.1) is 13.2 Å². The molecule has 7 heteroatoms. The number of carbonyl (C=O) groups excluding carboxylic acids is 1. The van der Waals surface area contributed by atoms with Crippen molar-refractivity contribution in [2.24, 2.45) is 0 Å². The lowest BCUT2D eigenvalue weighted by Crippen LogP contribution is -2.40. The van der Waals surface area contributed by atoms with Crippen LogP contribution in [0.4, 0.5) is 0 Å². The number of pyridine rings is 1. The van der Waals surface area contributed by atoms with Gasteiger partial charge in [-0.05, 0) is 18.2 Å². The summed E-state index contributed by atoms with van der Waals surface area (Å²) in [5, 5.41) is 2.84. The zero-order valence-corrected chi connectivity index (χ0v) is 13.9. The summed E-state index contributed by atoms with van der Waals surface area (Å²) in [6, 6.07) is 10.7. The van der Waals surface area contributed by atoms with Gasteiger partial charge in [-0.25, -0.2) is 4.98 Å². The number of hydrogen-bond donors (Lipinski definition) is 1. The first-order valence-corrected chi connectivity index (χ1v) is 8.01. The van der Waals surface area contributed by atoms with Crippen LogP contribution in [0.25, 0.3) is 0 Å². The van der Waals surface area contributed by atoms with Crippen LogP contribution in [0, 0.1) is 0 Å². The van der Waals surface area contributed by atoms with E-state index in [2.05, 4.69) is 10.3 Å². The van der Waals surface area contributed by atoms with Gasteiger partial charge in [-0.1, -0.05) is 12.1 Å². The van der Waals surface area contributed by atoms with Crippen molar-refractivity contribution in [1.82, 2.24) is 10.3 Å². The highest BCUT2D eigenvalue weighted by Gasteiger charge is 2.21. The fourth-order valence-electron chi connectivity index (χ4n) is 2.33. The Hall–Kier alpha value is -2.80. The first-order chi connectivity index (χ1) is 12.3. The molecule has 1 N–H and O–H groups in total. The maximum absolute atomic E-state index is 12.3. The normalized spacial score (nSPS) is 15.5. The molecule has 1 aliphatic heterocycles. The lowest BCUT2D eigenvalue weighted by atomic mass is 10.2. The monoisotopic (exact) mass is 344 g/mol. The van der Waals surface area contributed by atoms with Crippen LogP contribution in [0.15, 0.2) is 42.6 Å². The fourth-order valence-corrected chi connectivity index (χ4v) is 2.33. The number of benzene rings is 1. The molecule has 25 heavy (non-hydrogen) atoms. The third-order valence-electron chi connectivity index (χ3n) is 3.59. The molecule has 2 heterocycles. The number of nitrogens with zero attached hydrogens (tertiary/aromatic N) is 1. The molecule has 0 saturated heterocycles. The number of hydrogen-bond acceptors (Lipinski definition) is 6. The maximum Gasteiger partial charge on any atom is 0.251 e. The minimum atomic E-state index is -0.238. The van der Waals surface area contributed by atoms with Gasteiger partial charge in [-0.3, -0.25) is 4.79 Å². The van der Waals surface area contributed by atoms with E-state index in [1.54, 1.807) is 19.2 Å². The lowest BCUT2D eigenvalue weighted by molar-refractivity contribution is 0.0789. The lowest BCUT2D eigenvalue weighted by Gasteiger charge is -2.26. The Balaban J connectivity index is 1.52. The van der Waals surface area contributed by atoms with Crippen LogP contribution >= 0.6 is 0 Å². The van der Waals surface area contributed by atoms with E-state index in [4.69, 9.17) is 18.9 Å². The average Bonchev–Trinajstić information content (AvgIpc) is 2.66. The predicted molar refractivity (Wildman–Crippen MR) is 90.3 cm³/mol. The van der Waals surface area contributed by atoms with Crippen molar-refractivity contribution >= 4 is 5.91 Å². The van der Waals surface area contributed by atoms with E-state index in [-0.39, 0.29) is 12.0 Å². The molecule has 0 saturated carbocycles. The first-order valence-electron chi connectivity index (χ1n) is 8.01. The molecule has 0 radical (unpaired) electrons. The molecule has 132 valence electrons. The highest BCUT2D eigenvalue weighted by Crippen LogP contribution is 2.30. The van der Waals surface area contributed by atoms with Gasteiger partial charge in [0.1, 0.15) is 19.3 Å². The van der Waals surface area contributed by atoms with E-state index in [1.807, 2.05) is 24.3 Å². The van der Waals surface area contributed by atoms with Gasteiger partial charge in [0.15, 0.2) is 11.5 Å². The number of para-hydroxylation sites is 2. The third-order valence-corrected chi connectivity index (χ3v) is 3.59. The van der Waals surface area contributed by atoms with Crippen LogP contribution in [0.1, 0.15) is 10.4 Å². The van der Waals surface area contributed by atoms with Gasteiger partial charge in [-0.15, -0.1) is 0 Å². The van der Waals surface area contributed by atoms with Crippen molar-refractivity contribution in [3.8, 4) is 17.4 Å². The number of carbonyl (C=O) groups is 1. The number of methoxy groups -OCH3 is 1. The SMILES string of the molecule is COCCOc1cc(C(=O)NC[C@@H]2COc3ccccc3O2)ccn1. The second-order valence-electron chi connectivity index (χ2n) is 5.43. The van der Waals surface area contributed by atoms with Crippen LogP contribution in [-0.4, -0.2) is 50.5 Å². The van der Waals surface area contributed by atoms with E-state index in [0.717, 1.165) is 5.75 Å². The summed E-state index contributed by atoms with van der Waals surface area (Å²) in [5.41, 5.74) is 0.472. The summed E-state index contributed by atoms with van der Waals surface area (Å²) >= 11 is 0. The summed E-state index contributed by atoms with van der Waals surface area (Å²) in [5.74, 6) is 1.57. The second-order valence-corrected chi connectivity index (χ2v) is 5.43. The molecular weight excluding hydrogens is 324 g/mol. The molecule has 2 aromatic rings. The molecule has 0 aliphatic carbocycles. The number of rotatable bonds is 7. The first kappa shape index (κ1) is 17.0. The van der Waals surface area contributed by atoms with Gasteiger partial charge in [-0.2, -0.15) is 0 Å². The highest BCUT2D eigenvalue weighted by molar-refractivity contribution is 5.94. The Bertz CT molecular complexity index is 722. The Kier molecular flexibility index (Phi) is 5.69. The number of fused-ring (bicyclic) bond motifs is 1. The Labute approximate surface area is 145 Å². The number of nitrogens with one attached hydrogen (secondary N) is 1. The summed E-state index contributed by atoms with van der Waals surface area (Å²) < 4.78 is 21.8. The quantitative estimate of drug-likeness (QED) is 0.770. The summed E-state index contributed by atoms with van der Waals surface area (Å²) in [6.45, 7) is 1.56. The van der Waals surface area contributed by atoms with Gasteiger partial charge in [0.2, 0.25) is 5.88 Å². The number of ether oxygens (including phenoxy) is 4. The molecule has 1 aromatic heterocycles. The van der Waals surface area contributed by atoms with Crippen molar-refractivity contribution in [2.45, 2.75) is 6.10 Å². The molecule has 0 spiro atoms.